The molecule has 2 aromatic carbocycles. The highest BCUT2D eigenvalue weighted by Gasteiger charge is 2.06. The second-order valence-electron chi connectivity index (χ2n) is 3.79. The van der Waals surface area contributed by atoms with E-state index >= 15 is 0 Å². The molecule has 0 atom stereocenters. The van der Waals surface area contributed by atoms with E-state index in [0.717, 1.165) is 11.1 Å². The number of ether oxygens (including phenoxy) is 1. The van der Waals surface area contributed by atoms with Crippen molar-refractivity contribution in [2.45, 2.75) is 0 Å². The average molecular weight is 266 g/mol. The molecular formula is C14H13ClFNO. The second-order valence-corrected chi connectivity index (χ2v) is 4.23. The molecule has 2 nitrogen and oxygen atoms in total. The molecule has 2 aromatic rings. The van der Waals surface area contributed by atoms with Crippen LogP contribution in [0.2, 0.25) is 5.02 Å². The molecule has 0 spiro atoms. The van der Waals surface area contributed by atoms with E-state index in [1.54, 1.807) is 24.3 Å². The van der Waals surface area contributed by atoms with E-state index in [9.17, 15) is 4.39 Å². The van der Waals surface area contributed by atoms with E-state index in [2.05, 4.69) is 0 Å². The molecule has 0 aliphatic rings. The highest BCUT2D eigenvalue weighted by Crippen LogP contribution is 2.27. The summed E-state index contributed by atoms with van der Waals surface area (Å²) in [7, 11) is 0. The quantitative estimate of drug-likeness (QED) is 0.919. The maximum atomic E-state index is 13.8. The van der Waals surface area contributed by atoms with Crippen molar-refractivity contribution in [1.29, 1.82) is 0 Å². The normalized spacial score (nSPS) is 10.4. The average Bonchev–Trinajstić information content (AvgIpc) is 2.37. The molecule has 4 heteroatoms. The van der Waals surface area contributed by atoms with Gasteiger partial charge in [-0.3, -0.25) is 0 Å². The van der Waals surface area contributed by atoms with Crippen molar-refractivity contribution < 1.29 is 9.13 Å². The first-order chi connectivity index (χ1) is 8.70. The second kappa shape index (κ2) is 5.85. The maximum Gasteiger partial charge on any atom is 0.165 e. The van der Waals surface area contributed by atoms with E-state index in [1.807, 2.05) is 12.1 Å². The standard InChI is InChI=1S/C14H13ClFNO/c15-12-3-1-2-10(8-12)11-4-5-14(13(16)9-11)18-7-6-17/h1-5,8-9H,6-7,17H2. The van der Waals surface area contributed by atoms with Gasteiger partial charge in [-0.1, -0.05) is 29.8 Å². The lowest BCUT2D eigenvalue weighted by Gasteiger charge is -2.08. The minimum absolute atomic E-state index is 0.214. The molecule has 0 fully saturated rings. The molecule has 0 amide bonds. The van der Waals surface area contributed by atoms with Gasteiger partial charge < -0.3 is 10.5 Å². The number of benzene rings is 2. The summed E-state index contributed by atoms with van der Waals surface area (Å²) in [6.45, 7) is 0.656. The van der Waals surface area contributed by atoms with Crippen molar-refractivity contribution in [3.8, 4) is 16.9 Å². The molecule has 0 unspecified atom stereocenters. The van der Waals surface area contributed by atoms with E-state index < -0.39 is 5.82 Å². The first-order valence-corrected chi connectivity index (χ1v) is 5.97. The molecule has 94 valence electrons. The summed E-state index contributed by atoms with van der Waals surface area (Å²) >= 11 is 5.90. The summed E-state index contributed by atoms with van der Waals surface area (Å²) in [5, 5.41) is 0.622. The van der Waals surface area contributed by atoms with Crippen LogP contribution in [0.3, 0.4) is 0 Å². The van der Waals surface area contributed by atoms with E-state index in [0.29, 0.717) is 18.2 Å². The molecule has 0 aromatic heterocycles. The van der Waals surface area contributed by atoms with Crippen LogP contribution in [0.15, 0.2) is 42.5 Å². The Morgan fingerprint density at radius 1 is 1.11 bits per heavy atom. The lowest BCUT2D eigenvalue weighted by atomic mass is 10.1. The van der Waals surface area contributed by atoms with Gasteiger partial charge in [-0.05, 0) is 35.4 Å². The molecule has 2 rings (SSSR count). The predicted molar refractivity (Wildman–Crippen MR) is 71.4 cm³/mol. The van der Waals surface area contributed by atoms with Gasteiger partial charge in [0.15, 0.2) is 11.6 Å². The van der Waals surface area contributed by atoms with Crippen LogP contribution in [-0.2, 0) is 0 Å². The molecule has 0 radical (unpaired) electrons. The fourth-order valence-electron chi connectivity index (χ4n) is 1.63. The topological polar surface area (TPSA) is 35.2 Å². The zero-order valence-corrected chi connectivity index (χ0v) is 10.5. The van der Waals surface area contributed by atoms with Crippen LogP contribution >= 0.6 is 11.6 Å². The van der Waals surface area contributed by atoms with Gasteiger partial charge in [0.05, 0.1) is 0 Å². The SMILES string of the molecule is NCCOc1ccc(-c2cccc(Cl)c2)cc1F. The minimum Gasteiger partial charge on any atom is -0.489 e. The van der Waals surface area contributed by atoms with Crippen molar-refractivity contribution in [3.05, 3.63) is 53.3 Å². The molecule has 2 N–H and O–H groups in total. The molecule has 0 bridgehead atoms. The van der Waals surface area contributed by atoms with Crippen LogP contribution < -0.4 is 10.5 Å². The van der Waals surface area contributed by atoms with Crippen molar-refractivity contribution in [3.63, 3.8) is 0 Å². The highest BCUT2D eigenvalue weighted by molar-refractivity contribution is 6.30. The van der Waals surface area contributed by atoms with Gasteiger partial charge in [0.1, 0.15) is 6.61 Å². The Labute approximate surface area is 110 Å². The summed E-state index contributed by atoms with van der Waals surface area (Å²) in [4.78, 5) is 0. The van der Waals surface area contributed by atoms with Gasteiger partial charge in [-0.2, -0.15) is 0 Å². The fourth-order valence-corrected chi connectivity index (χ4v) is 1.82. The molecule has 0 saturated carbocycles. The summed E-state index contributed by atoms with van der Waals surface area (Å²) in [5.41, 5.74) is 6.93. The predicted octanol–water partition coefficient (Wildman–Crippen LogP) is 3.48. The zero-order valence-electron chi connectivity index (χ0n) is 9.70. The van der Waals surface area contributed by atoms with Gasteiger partial charge in [-0.15, -0.1) is 0 Å². The summed E-state index contributed by atoms with van der Waals surface area (Å²) < 4.78 is 18.9. The number of nitrogens with two attached hydrogens (primary N) is 1. The third-order valence-corrected chi connectivity index (χ3v) is 2.70. The Balaban J connectivity index is 2.28. The molecule has 18 heavy (non-hydrogen) atoms. The smallest absolute Gasteiger partial charge is 0.165 e. The lowest BCUT2D eigenvalue weighted by molar-refractivity contribution is 0.311. The van der Waals surface area contributed by atoms with Crippen LogP contribution in [-0.4, -0.2) is 13.2 Å². The number of rotatable bonds is 4. The number of halogens is 2. The summed E-state index contributed by atoms with van der Waals surface area (Å²) in [6.07, 6.45) is 0. The van der Waals surface area contributed by atoms with E-state index in [1.165, 1.54) is 6.07 Å². The molecule has 0 saturated heterocycles. The van der Waals surface area contributed by atoms with Crippen molar-refractivity contribution >= 4 is 11.6 Å². The summed E-state index contributed by atoms with van der Waals surface area (Å²) in [5.74, 6) is -0.188. The summed E-state index contributed by atoms with van der Waals surface area (Å²) in [6, 6.07) is 12.1. The van der Waals surface area contributed by atoms with Crippen molar-refractivity contribution in [2.24, 2.45) is 5.73 Å². The van der Waals surface area contributed by atoms with Crippen LogP contribution in [0.4, 0.5) is 4.39 Å². The van der Waals surface area contributed by atoms with Crippen LogP contribution in [0.25, 0.3) is 11.1 Å². The van der Waals surface area contributed by atoms with Crippen LogP contribution in [0, 0.1) is 5.82 Å². The largest absolute Gasteiger partial charge is 0.489 e. The van der Waals surface area contributed by atoms with Gasteiger partial charge in [-0.25, -0.2) is 4.39 Å². The van der Waals surface area contributed by atoms with Crippen molar-refractivity contribution in [1.82, 2.24) is 0 Å². The Morgan fingerprint density at radius 3 is 2.56 bits per heavy atom. The maximum absolute atomic E-state index is 13.8. The molecule has 0 aliphatic heterocycles. The Kier molecular flexibility index (Phi) is 4.18. The first-order valence-electron chi connectivity index (χ1n) is 5.59. The minimum atomic E-state index is -0.402. The van der Waals surface area contributed by atoms with Crippen LogP contribution in [0.5, 0.6) is 5.75 Å². The van der Waals surface area contributed by atoms with E-state index in [-0.39, 0.29) is 5.75 Å². The number of hydrogen-bond acceptors (Lipinski definition) is 2. The van der Waals surface area contributed by atoms with Crippen molar-refractivity contribution in [2.75, 3.05) is 13.2 Å². The monoisotopic (exact) mass is 265 g/mol. The Morgan fingerprint density at radius 2 is 1.89 bits per heavy atom. The third kappa shape index (κ3) is 3.00. The van der Waals surface area contributed by atoms with Gasteiger partial charge in [0, 0.05) is 11.6 Å². The van der Waals surface area contributed by atoms with Crippen LogP contribution in [0.1, 0.15) is 0 Å². The van der Waals surface area contributed by atoms with Gasteiger partial charge in [0.25, 0.3) is 0 Å². The Hall–Kier alpha value is -1.58. The lowest BCUT2D eigenvalue weighted by Crippen LogP contribution is -2.11. The zero-order chi connectivity index (χ0) is 13.0. The molecule has 0 heterocycles. The van der Waals surface area contributed by atoms with Gasteiger partial charge >= 0.3 is 0 Å². The molecular weight excluding hydrogens is 253 g/mol. The Bertz CT molecular complexity index is 545. The first kappa shape index (κ1) is 12.9. The highest BCUT2D eigenvalue weighted by atomic mass is 35.5. The third-order valence-electron chi connectivity index (χ3n) is 2.47. The fraction of sp³-hybridized carbons (Fsp3) is 0.143. The van der Waals surface area contributed by atoms with Gasteiger partial charge in [0.2, 0.25) is 0 Å². The molecule has 0 aliphatic carbocycles. The number of hydrogen-bond donors (Lipinski definition) is 1. The van der Waals surface area contributed by atoms with E-state index in [4.69, 9.17) is 22.1 Å².